The number of rotatable bonds is 3. The van der Waals surface area contributed by atoms with Crippen molar-refractivity contribution in [2.75, 3.05) is 11.4 Å². The van der Waals surface area contributed by atoms with Crippen LogP contribution in [0.4, 0.5) is 5.82 Å². The Morgan fingerprint density at radius 3 is 3.00 bits per heavy atom. The first-order valence-corrected chi connectivity index (χ1v) is 6.72. The Labute approximate surface area is 112 Å². The molecule has 0 bridgehead atoms. The van der Waals surface area contributed by atoms with Gasteiger partial charge in [-0.25, -0.2) is 4.98 Å². The molecule has 2 fully saturated rings. The van der Waals surface area contributed by atoms with Gasteiger partial charge in [0, 0.05) is 12.6 Å². The summed E-state index contributed by atoms with van der Waals surface area (Å²) in [6.45, 7) is 0.824. The van der Waals surface area contributed by atoms with E-state index in [1.807, 2.05) is 23.1 Å². The molecule has 2 aliphatic rings. The lowest BCUT2D eigenvalue weighted by Crippen LogP contribution is -2.44. The summed E-state index contributed by atoms with van der Waals surface area (Å²) in [6.07, 6.45) is 4.04. The molecule has 5 heteroatoms. The van der Waals surface area contributed by atoms with Crippen molar-refractivity contribution in [1.29, 1.82) is 5.26 Å². The third kappa shape index (κ3) is 2.53. The number of hydrogen-bond donors (Lipinski definition) is 1. The Hall–Kier alpha value is -2.09. The van der Waals surface area contributed by atoms with E-state index in [1.54, 1.807) is 6.07 Å². The summed E-state index contributed by atoms with van der Waals surface area (Å²) < 4.78 is 0. The van der Waals surface area contributed by atoms with E-state index in [1.165, 1.54) is 0 Å². The second kappa shape index (κ2) is 4.88. The fourth-order valence-electron chi connectivity index (χ4n) is 2.48. The van der Waals surface area contributed by atoms with Gasteiger partial charge in [-0.05, 0) is 37.8 Å². The summed E-state index contributed by atoms with van der Waals surface area (Å²) >= 11 is 0. The van der Waals surface area contributed by atoms with Crippen LogP contribution in [0.2, 0.25) is 0 Å². The molecule has 1 aliphatic carbocycles. The quantitative estimate of drug-likeness (QED) is 0.882. The minimum Gasteiger partial charge on any atom is -0.352 e. The van der Waals surface area contributed by atoms with Crippen molar-refractivity contribution in [2.45, 2.75) is 37.8 Å². The zero-order chi connectivity index (χ0) is 13.2. The van der Waals surface area contributed by atoms with Gasteiger partial charge in [0.15, 0.2) is 0 Å². The highest BCUT2D eigenvalue weighted by Gasteiger charge is 2.34. The van der Waals surface area contributed by atoms with Gasteiger partial charge in [-0.3, -0.25) is 4.79 Å². The number of carbonyl (C=O) groups is 1. The van der Waals surface area contributed by atoms with Crippen molar-refractivity contribution in [3.8, 4) is 6.07 Å². The first-order chi connectivity index (χ1) is 9.28. The minimum absolute atomic E-state index is 0.101. The lowest BCUT2D eigenvalue weighted by Gasteiger charge is -2.24. The Morgan fingerprint density at radius 2 is 2.26 bits per heavy atom. The predicted molar refractivity (Wildman–Crippen MR) is 70.5 cm³/mol. The van der Waals surface area contributed by atoms with Gasteiger partial charge in [0.25, 0.3) is 0 Å². The van der Waals surface area contributed by atoms with E-state index < -0.39 is 0 Å². The number of amides is 1. The number of carbonyl (C=O) groups excluding carboxylic acids is 1. The predicted octanol–water partition coefficient (Wildman–Crippen LogP) is 1.20. The first kappa shape index (κ1) is 12.0. The number of nitrogens with zero attached hydrogens (tertiary/aromatic N) is 3. The third-order valence-corrected chi connectivity index (χ3v) is 3.62. The zero-order valence-electron chi connectivity index (χ0n) is 10.7. The van der Waals surface area contributed by atoms with Gasteiger partial charge >= 0.3 is 0 Å². The normalized spacial score (nSPS) is 22.1. The molecule has 0 aromatic carbocycles. The second-order valence-electron chi connectivity index (χ2n) is 5.13. The largest absolute Gasteiger partial charge is 0.352 e. The van der Waals surface area contributed by atoms with Crippen molar-refractivity contribution in [2.24, 2.45) is 0 Å². The van der Waals surface area contributed by atoms with Crippen LogP contribution >= 0.6 is 0 Å². The molecule has 5 nitrogen and oxygen atoms in total. The monoisotopic (exact) mass is 256 g/mol. The van der Waals surface area contributed by atoms with E-state index in [0.29, 0.717) is 11.7 Å². The van der Waals surface area contributed by atoms with Crippen LogP contribution in [0.1, 0.15) is 31.4 Å². The molecule has 1 unspecified atom stereocenters. The van der Waals surface area contributed by atoms with E-state index in [4.69, 9.17) is 5.26 Å². The first-order valence-electron chi connectivity index (χ1n) is 6.72. The number of anilines is 1. The van der Waals surface area contributed by atoms with Gasteiger partial charge in [0.05, 0.1) is 0 Å². The van der Waals surface area contributed by atoms with Gasteiger partial charge in [-0.2, -0.15) is 5.26 Å². The van der Waals surface area contributed by atoms with E-state index in [2.05, 4.69) is 10.3 Å². The maximum absolute atomic E-state index is 12.2. The number of hydrogen-bond acceptors (Lipinski definition) is 4. The Balaban J connectivity index is 1.77. The summed E-state index contributed by atoms with van der Waals surface area (Å²) in [5.74, 6) is 0.830. The fraction of sp³-hybridized carbons (Fsp3) is 0.500. The van der Waals surface area contributed by atoms with Crippen molar-refractivity contribution < 1.29 is 4.79 Å². The van der Waals surface area contributed by atoms with Crippen molar-refractivity contribution >= 4 is 11.7 Å². The van der Waals surface area contributed by atoms with Crippen LogP contribution < -0.4 is 10.2 Å². The van der Waals surface area contributed by atoms with E-state index >= 15 is 0 Å². The van der Waals surface area contributed by atoms with Crippen LogP contribution in [-0.2, 0) is 4.79 Å². The average Bonchev–Trinajstić information content (AvgIpc) is 3.11. The molecule has 1 atom stereocenters. The molecule has 3 rings (SSSR count). The average molecular weight is 256 g/mol. The summed E-state index contributed by atoms with van der Waals surface area (Å²) in [5.41, 5.74) is 0.394. The smallest absolute Gasteiger partial charge is 0.242 e. The van der Waals surface area contributed by atoms with Crippen LogP contribution in [0.3, 0.4) is 0 Å². The summed E-state index contributed by atoms with van der Waals surface area (Å²) in [6, 6.07) is 7.64. The molecule has 1 saturated carbocycles. The van der Waals surface area contributed by atoms with Gasteiger partial charge in [0.2, 0.25) is 5.91 Å². The van der Waals surface area contributed by atoms with E-state index in [0.717, 1.165) is 38.0 Å². The van der Waals surface area contributed by atoms with Crippen LogP contribution in [-0.4, -0.2) is 29.5 Å². The van der Waals surface area contributed by atoms with Gasteiger partial charge in [-0.1, -0.05) is 6.07 Å². The molecular weight excluding hydrogens is 240 g/mol. The molecule has 1 aromatic rings. The Morgan fingerprint density at radius 1 is 1.42 bits per heavy atom. The summed E-state index contributed by atoms with van der Waals surface area (Å²) in [5, 5.41) is 11.9. The molecule has 0 radical (unpaired) electrons. The van der Waals surface area contributed by atoms with Crippen LogP contribution in [0.5, 0.6) is 0 Å². The van der Waals surface area contributed by atoms with Gasteiger partial charge < -0.3 is 10.2 Å². The van der Waals surface area contributed by atoms with Gasteiger partial charge in [-0.15, -0.1) is 0 Å². The Kier molecular flexibility index (Phi) is 3.08. The van der Waals surface area contributed by atoms with Crippen molar-refractivity contribution in [1.82, 2.24) is 10.3 Å². The second-order valence-corrected chi connectivity index (χ2v) is 5.13. The molecule has 98 valence electrons. The zero-order valence-corrected chi connectivity index (χ0v) is 10.7. The van der Waals surface area contributed by atoms with Crippen LogP contribution in [0.25, 0.3) is 0 Å². The lowest BCUT2D eigenvalue weighted by molar-refractivity contribution is -0.122. The third-order valence-electron chi connectivity index (χ3n) is 3.62. The van der Waals surface area contributed by atoms with Crippen LogP contribution in [0, 0.1) is 11.3 Å². The number of nitriles is 1. The number of nitrogens with one attached hydrogen (secondary N) is 1. The SMILES string of the molecule is N#Cc1cccc(N2CCCC2C(=O)NC2CC2)n1. The summed E-state index contributed by atoms with van der Waals surface area (Å²) in [4.78, 5) is 18.5. The van der Waals surface area contributed by atoms with E-state index in [9.17, 15) is 4.79 Å². The molecular formula is C14H16N4O. The fourth-order valence-corrected chi connectivity index (χ4v) is 2.48. The number of aromatic nitrogens is 1. The standard InChI is InChI=1S/C14H16N4O/c15-9-11-3-1-5-13(16-11)18-8-2-4-12(18)14(19)17-10-6-7-10/h1,3,5,10,12H,2,4,6-8H2,(H,17,19). The molecule has 1 aromatic heterocycles. The highest BCUT2D eigenvalue weighted by Crippen LogP contribution is 2.26. The van der Waals surface area contributed by atoms with Crippen molar-refractivity contribution in [3.63, 3.8) is 0 Å². The molecule has 0 spiro atoms. The maximum Gasteiger partial charge on any atom is 0.242 e. The highest BCUT2D eigenvalue weighted by atomic mass is 16.2. The van der Waals surface area contributed by atoms with Crippen molar-refractivity contribution in [3.05, 3.63) is 23.9 Å². The molecule has 1 saturated heterocycles. The molecule has 19 heavy (non-hydrogen) atoms. The van der Waals surface area contributed by atoms with E-state index in [-0.39, 0.29) is 11.9 Å². The van der Waals surface area contributed by atoms with Crippen LogP contribution in [0.15, 0.2) is 18.2 Å². The highest BCUT2D eigenvalue weighted by molar-refractivity contribution is 5.86. The summed E-state index contributed by atoms with van der Waals surface area (Å²) in [7, 11) is 0. The number of pyridine rings is 1. The maximum atomic E-state index is 12.2. The lowest BCUT2D eigenvalue weighted by atomic mass is 10.2. The minimum atomic E-state index is -0.137. The molecule has 1 N–H and O–H groups in total. The topological polar surface area (TPSA) is 69.0 Å². The Bertz CT molecular complexity index is 532. The molecule has 1 amide bonds. The molecule has 1 aliphatic heterocycles. The molecule has 2 heterocycles. The van der Waals surface area contributed by atoms with Gasteiger partial charge in [0.1, 0.15) is 23.6 Å².